The molecule has 0 aromatic rings. The number of halogens is 3. The van der Waals surface area contributed by atoms with E-state index < -0.39 is 29.5 Å². The van der Waals surface area contributed by atoms with Crippen LogP contribution in [0.15, 0.2) is 0 Å². The molecule has 10 heteroatoms. The van der Waals surface area contributed by atoms with Crippen molar-refractivity contribution in [3.63, 3.8) is 0 Å². The number of hydrogen-bond acceptors (Lipinski definition) is 4. The molecule has 0 saturated carbocycles. The Balaban J connectivity index is 4.37. The molecule has 0 aliphatic carbocycles. The van der Waals surface area contributed by atoms with Crippen molar-refractivity contribution in [1.29, 1.82) is 0 Å². The van der Waals surface area contributed by atoms with Gasteiger partial charge in [0.05, 0.1) is 0 Å². The standard InChI is InChI=1S/C2H4F3O5PS/c3-2(4,5)12(8,9)1-10-11(6)7/h11H,1H2,(H,6,7). The molecule has 0 bridgehead atoms. The topological polar surface area (TPSA) is 80.7 Å². The second-order valence-corrected chi connectivity index (χ2v) is 4.34. The van der Waals surface area contributed by atoms with E-state index in [2.05, 4.69) is 4.52 Å². The highest BCUT2D eigenvalue weighted by Crippen LogP contribution is 2.26. The number of rotatable bonds is 3. The molecule has 0 spiro atoms. The maximum atomic E-state index is 11.4. The van der Waals surface area contributed by atoms with Gasteiger partial charge in [-0.2, -0.15) is 13.2 Å². The molecule has 0 rings (SSSR count). The van der Waals surface area contributed by atoms with Crippen molar-refractivity contribution in [3.05, 3.63) is 0 Å². The van der Waals surface area contributed by atoms with E-state index in [9.17, 15) is 26.2 Å². The molecule has 0 fully saturated rings. The molecule has 0 aliphatic rings. The zero-order valence-electron chi connectivity index (χ0n) is 5.33. The molecule has 0 saturated heterocycles. The molecule has 1 N–H and O–H groups in total. The highest BCUT2D eigenvalue weighted by atomic mass is 32.2. The molecule has 74 valence electrons. The van der Waals surface area contributed by atoms with Crippen LogP contribution in [0.4, 0.5) is 13.2 Å². The van der Waals surface area contributed by atoms with E-state index in [0.29, 0.717) is 0 Å². The van der Waals surface area contributed by atoms with Gasteiger partial charge >= 0.3 is 13.8 Å². The molecule has 1 unspecified atom stereocenters. The van der Waals surface area contributed by atoms with Crippen LogP contribution in [0, 0.1) is 0 Å². The van der Waals surface area contributed by atoms with Gasteiger partial charge in [0, 0.05) is 0 Å². The SMILES string of the molecule is O=[PH](O)OCS(=O)(=O)C(F)(F)F. The first-order valence-corrected chi connectivity index (χ1v) is 5.23. The van der Waals surface area contributed by atoms with Gasteiger partial charge in [0.25, 0.3) is 9.84 Å². The predicted octanol–water partition coefficient (Wildman–Crippen LogP) is 0.277. The van der Waals surface area contributed by atoms with Crippen molar-refractivity contribution in [2.24, 2.45) is 0 Å². The summed E-state index contributed by atoms with van der Waals surface area (Å²) in [6.07, 6.45) is 0. The van der Waals surface area contributed by atoms with Crippen molar-refractivity contribution in [1.82, 2.24) is 0 Å². The van der Waals surface area contributed by atoms with Crippen LogP contribution in [0.2, 0.25) is 0 Å². The Kier molecular flexibility index (Phi) is 3.70. The van der Waals surface area contributed by atoms with E-state index in [1.807, 2.05) is 0 Å². The van der Waals surface area contributed by atoms with Crippen LogP contribution in [-0.4, -0.2) is 24.8 Å². The van der Waals surface area contributed by atoms with Crippen LogP contribution < -0.4 is 0 Å². The molecule has 5 nitrogen and oxygen atoms in total. The minimum atomic E-state index is -5.45. The average Bonchev–Trinajstić information content (AvgIpc) is 1.81. The van der Waals surface area contributed by atoms with Crippen LogP contribution in [0.25, 0.3) is 0 Å². The predicted molar refractivity (Wildman–Crippen MR) is 32.1 cm³/mol. The van der Waals surface area contributed by atoms with Crippen LogP contribution >= 0.6 is 8.25 Å². The second kappa shape index (κ2) is 3.73. The third-order valence-corrected chi connectivity index (χ3v) is 2.42. The fraction of sp³-hybridized carbons (Fsp3) is 1.00. The summed E-state index contributed by atoms with van der Waals surface area (Å²) >= 11 is 0. The van der Waals surface area contributed by atoms with Gasteiger partial charge < -0.3 is 4.89 Å². The Labute approximate surface area is 66.0 Å². The Morgan fingerprint density at radius 1 is 1.42 bits per heavy atom. The lowest BCUT2D eigenvalue weighted by molar-refractivity contribution is -0.0448. The van der Waals surface area contributed by atoms with Gasteiger partial charge in [-0.3, -0.25) is 9.09 Å². The van der Waals surface area contributed by atoms with Gasteiger partial charge in [-0.15, -0.1) is 0 Å². The zero-order valence-corrected chi connectivity index (χ0v) is 7.15. The lowest BCUT2D eigenvalue weighted by Crippen LogP contribution is -2.26. The quantitative estimate of drug-likeness (QED) is 0.701. The Hall–Kier alpha value is -0.110. The zero-order chi connectivity index (χ0) is 9.99. The van der Waals surface area contributed by atoms with Crippen LogP contribution in [0.5, 0.6) is 0 Å². The molecule has 1 atom stereocenters. The van der Waals surface area contributed by atoms with Crippen LogP contribution in [0.1, 0.15) is 0 Å². The Bertz CT molecular complexity index is 267. The minimum Gasteiger partial charge on any atom is -0.326 e. The van der Waals surface area contributed by atoms with E-state index in [-0.39, 0.29) is 0 Å². The lowest BCUT2D eigenvalue weighted by atomic mass is 11.5. The van der Waals surface area contributed by atoms with Crippen molar-refractivity contribution < 1.29 is 35.6 Å². The Morgan fingerprint density at radius 3 is 2.08 bits per heavy atom. The van der Waals surface area contributed by atoms with Gasteiger partial charge in [0.1, 0.15) is 0 Å². The van der Waals surface area contributed by atoms with Gasteiger partial charge in [-0.05, 0) is 0 Å². The van der Waals surface area contributed by atoms with E-state index in [1.54, 1.807) is 0 Å². The third-order valence-electron chi connectivity index (χ3n) is 0.690. The summed E-state index contributed by atoms with van der Waals surface area (Å²) in [5, 5.41) is 0. The molecule has 0 aromatic heterocycles. The maximum Gasteiger partial charge on any atom is 0.499 e. The Morgan fingerprint density at radius 2 is 1.83 bits per heavy atom. The fourth-order valence-corrected chi connectivity index (χ4v) is 1.35. The first kappa shape index (κ1) is 11.9. The largest absolute Gasteiger partial charge is 0.499 e. The lowest BCUT2D eigenvalue weighted by Gasteiger charge is -2.05. The summed E-state index contributed by atoms with van der Waals surface area (Å²) in [5.41, 5.74) is -5.45. The van der Waals surface area contributed by atoms with Gasteiger partial charge in [0.15, 0.2) is 5.94 Å². The molecule has 12 heavy (non-hydrogen) atoms. The average molecular weight is 228 g/mol. The number of sulfone groups is 1. The van der Waals surface area contributed by atoms with Crippen molar-refractivity contribution in [3.8, 4) is 0 Å². The van der Waals surface area contributed by atoms with Gasteiger partial charge in [-0.1, -0.05) is 0 Å². The first-order valence-electron chi connectivity index (χ1n) is 2.31. The highest BCUT2D eigenvalue weighted by Gasteiger charge is 2.45. The van der Waals surface area contributed by atoms with E-state index in [1.165, 1.54) is 0 Å². The summed E-state index contributed by atoms with van der Waals surface area (Å²) in [6, 6.07) is 0. The van der Waals surface area contributed by atoms with Crippen molar-refractivity contribution >= 4 is 18.1 Å². The minimum absolute atomic E-state index is 1.83. The van der Waals surface area contributed by atoms with Gasteiger partial charge in [0.2, 0.25) is 0 Å². The molecular formula is C2H4F3O5PS. The fourth-order valence-electron chi connectivity index (χ4n) is 0.195. The summed E-state index contributed by atoms with van der Waals surface area (Å²) in [7, 11) is -9.11. The molecular weight excluding hydrogens is 224 g/mol. The van der Waals surface area contributed by atoms with E-state index in [0.717, 1.165) is 0 Å². The summed E-state index contributed by atoms with van der Waals surface area (Å²) < 4.78 is 67.6. The monoisotopic (exact) mass is 228 g/mol. The van der Waals surface area contributed by atoms with E-state index >= 15 is 0 Å². The van der Waals surface area contributed by atoms with Gasteiger partial charge in [-0.25, -0.2) is 8.42 Å². The van der Waals surface area contributed by atoms with Crippen LogP contribution in [0.3, 0.4) is 0 Å². The second-order valence-electron chi connectivity index (χ2n) is 1.59. The van der Waals surface area contributed by atoms with Crippen LogP contribution in [-0.2, 0) is 18.9 Å². The first-order chi connectivity index (χ1) is 5.17. The number of hydrogen-bond donors (Lipinski definition) is 1. The smallest absolute Gasteiger partial charge is 0.326 e. The summed E-state index contributed by atoms with van der Waals surface area (Å²) in [4.78, 5) is 7.87. The molecule has 0 heterocycles. The summed E-state index contributed by atoms with van der Waals surface area (Å²) in [6.45, 7) is 0. The third kappa shape index (κ3) is 3.53. The van der Waals surface area contributed by atoms with E-state index in [4.69, 9.17) is 4.89 Å². The molecule has 0 radical (unpaired) electrons. The maximum absolute atomic E-state index is 11.4. The van der Waals surface area contributed by atoms with Crippen molar-refractivity contribution in [2.75, 3.05) is 5.94 Å². The summed E-state index contributed by atoms with van der Waals surface area (Å²) in [5.74, 6) is -1.83. The normalized spacial score (nSPS) is 16.0. The van der Waals surface area contributed by atoms with Crippen molar-refractivity contribution in [2.45, 2.75) is 5.51 Å². The number of alkyl halides is 3. The molecule has 0 aromatic carbocycles. The molecule has 0 amide bonds. The molecule has 0 aliphatic heterocycles. The highest BCUT2D eigenvalue weighted by molar-refractivity contribution is 7.92.